The molecule has 0 spiro atoms. The van der Waals surface area contributed by atoms with Gasteiger partial charge in [0.15, 0.2) is 0 Å². The minimum Gasteiger partial charge on any atom is -0.445 e. The lowest BCUT2D eigenvalue weighted by Gasteiger charge is -2.24. The van der Waals surface area contributed by atoms with Gasteiger partial charge in [-0.1, -0.05) is 30.3 Å². The zero-order chi connectivity index (χ0) is 20.0. The largest absolute Gasteiger partial charge is 0.445 e. The molecule has 2 rings (SSSR count). The van der Waals surface area contributed by atoms with E-state index in [1.807, 2.05) is 30.3 Å². The topological polar surface area (TPSA) is 97.0 Å². The summed E-state index contributed by atoms with van der Waals surface area (Å²) in [5.41, 5.74) is 0.219. The third kappa shape index (κ3) is 6.16. The van der Waals surface area contributed by atoms with Crippen LogP contribution < -0.4 is 10.6 Å². The number of nitrogens with one attached hydrogen (secondary N) is 2. The summed E-state index contributed by atoms with van der Waals surface area (Å²) in [7, 11) is 1.52. The van der Waals surface area contributed by atoms with E-state index in [0.29, 0.717) is 0 Å². The first kappa shape index (κ1) is 20.5. The van der Waals surface area contributed by atoms with Gasteiger partial charge in [0.1, 0.15) is 12.2 Å². The minimum atomic E-state index is -0.639. The summed E-state index contributed by atoms with van der Waals surface area (Å²) in [6.07, 6.45) is -1.15. The van der Waals surface area contributed by atoms with Crippen LogP contribution in [0.15, 0.2) is 30.3 Å². The third-order valence-corrected chi connectivity index (χ3v) is 4.07. The van der Waals surface area contributed by atoms with Crippen LogP contribution in [0, 0.1) is 5.92 Å². The summed E-state index contributed by atoms with van der Waals surface area (Å²) >= 11 is 0. The van der Waals surface area contributed by atoms with Gasteiger partial charge in [0.25, 0.3) is 0 Å². The summed E-state index contributed by atoms with van der Waals surface area (Å²) in [5, 5.41) is 5.26. The summed E-state index contributed by atoms with van der Waals surface area (Å²) < 4.78 is 10.6. The molecule has 2 N–H and O–H groups in total. The van der Waals surface area contributed by atoms with Crippen molar-refractivity contribution in [1.82, 2.24) is 15.5 Å². The average molecular weight is 377 g/mol. The summed E-state index contributed by atoms with van der Waals surface area (Å²) in [4.78, 5) is 38.0. The molecule has 1 heterocycles. The molecule has 148 valence electrons. The Morgan fingerprint density at radius 3 is 2.41 bits per heavy atom. The van der Waals surface area contributed by atoms with Crippen molar-refractivity contribution in [1.29, 1.82) is 0 Å². The number of likely N-dealkylation sites (tertiary alicyclic amines) is 1. The SMILES string of the molecule is CNC(=O)C1CN(C(=O)OC(C)(C)C)C[C@@H]1NC(=O)OCc1ccccc1. The van der Waals surface area contributed by atoms with Crippen LogP contribution in [0.2, 0.25) is 0 Å². The normalized spacial score (nSPS) is 19.3. The molecule has 1 aromatic rings. The van der Waals surface area contributed by atoms with Gasteiger partial charge in [0, 0.05) is 20.1 Å². The van der Waals surface area contributed by atoms with E-state index in [1.165, 1.54) is 11.9 Å². The van der Waals surface area contributed by atoms with E-state index in [9.17, 15) is 14.4 Å². The van der Waals surface area contributed by atoms with Crippen molar-refractivity contribution in [3.05, 3.63) is 35.9 Å². The van der Waals surface area contributed by atoms with E-state index in [2.05, 4.69) is 10.6 Å². The standard InChI is InChI=1S/C19H27N3O5/c1-19(2,3)27-18(25)22-10-14(16(23)20-4)15(11-22)21-17(24)26-12-13-8-6-5-7-9-13/h5-9,14-15H,10-12H2,1-4H3,(H,20,23)(H,21,24)/t14?,15-/m0/s1. The van der Waals surface area contributed by atoms with Crippen molar-refractivity contribution < 1.29 is 23.9 Å². The fourth-order valence-corrected chi connectivity index (χ4v) is 2.79. The van der Waals surface area contributed by atoms with Crippen molar-refractivity contribution in [2.45, 2.75) is 39.0 Å². The predicted octanol–water partition coefficient (Wildman–Crippen LogP) is 1.89. The average Bonchev–Trinajstić information content (AvgIpc) is 3.03. The van der Waals surface area contributed by atoms with Crippen LogP contribution in [0.4, 0.5) is 9.59 Å². The Kier molecular flexibility index (Phi) is 6.65. The van der Waals surface area contributed by atoms with Crippen molar-refractivity contribution in [2.75, 3.05) is 20.1 Å². The number of carbonyl (C=O) groups excluding carboxylic acids is 3. The molecule has 0 aromatic heterocycles. The molecule has 1 saturated heterocycles. The molecular formula is C19H27N3O5. The minimum absolute atomic E-state index is 0.125. The van der Waals surface area contributed by atoms with E-state index >= 15 is 0 Å². The second-order valence-electron chi connectivity index (χ2n) is 7.42. The van der Waals surface area contributed by atoms with Crippen molar-refractivity contribution in [3.8, 4) is 0 Å². The lowest BCUT2D eigenvalue weighted by atomic mass is 10.0. The maximum absolute atomic E-state index is 12.3. The first-order valence-corrected chi connectivity index (χ1v) is 8.86. The summed E-state index contributed by atoms with van der Waals surface area (Å²) in [6.45, 7) is 5.78. The number of hydrogen-bond donors (Lipinski definition) is 2. The Bertz CT molecular complexity index is 672. The van der Waals surface area contributed by atoms with Gasteiger partial charge in [-0.25, -0.2) is 9.59 Å². The summed E-state index contributed by atoms with van der Waals surface area (Å²) in [6, 6.07) is 8.73. The fourth-order valence-electron chi connectivity index (χ4n) is 2.79. The molecule has 0 bridgehead atoms. The van der Waals surface area contributed by atoms with E-state index < -0.39 is 29.7 Å². The van der Waals surface area contributed by atoms with Crippen LogP contribution in [0.25, 0.3) is 0 Å². The molecule has 8 heteroatoms. The maximum Gasteiger partial charge on any atom is 0.410 e. The highest BCUT2D eigenvalue weighted by Crippen LogP contribution is 2.20. The molecule has 1 unspecified atom stereocenters. The third-order valence-electron chi connectivity index (χ3n) is 4.07. The molecule has 1 aromatic carbocycles. The molecule has 1 fully saturated rings. The van der Waals surface area contributed by atoms with Crippen LogP contribution in [0.1, 0.15) is 26.3 Å². The lowest BCUT2D eigenvalue weighted by Crippen LogP contribution is -2.45. The molecular weight excluding hydrogens is 350 g/mol. The number of benzene rings is 1. The van der Waals surface area contributed by atoms with E-state index in [0.717, 1.165) is 5.56 Å². The second-order valence-corrected chi connectivity index (χ2v) is 7.42. The zero-order valence-electron chi connectivity index (χ0n) is 16.2. The summed E-state index contributed by atoms with van der Waals surface area (Å²) in [5.74, 6) is -0.832. The van der Waals surface area contributed by atoms with Gasteiger partial charge in [-0.15, -0.1) is 0 Å². The van der Waals surface area contributed by atoms with E-state index in [4.69, 9.17) is 9.47 Å². The van der Waals surface area contributed by atoms with Crippen LogP contribution in [0.3, 0.4) is 0 Å². The van der Waals surface area contributed by atoms with Gasteiger partial charge in [0.2, 0.25) is 5.91 Å². The van der Waals surface area contributed by atoms with Crippen molar-refractivity contribution >= 4 is 18.1 Å². The Hall–Kier alpha value is -2.77. The first-order chi connectivity index (χ1) is 12.7. The number of hydrogen-bond acceptors (Lipinski definition) is 5. The second kappa shape index (κ2) is 8.75. The Morgan fingerprint density at radius 1 is 1.15 bits per heavy atom. The highest BCUT2D eigenvalue weighted by atomic mass is 16.6. The molecule has 3 amide bonds. The first-order valence-electron chi connectivity index (χ1n) is 8.86. The molecule has 27 heavy (non-hydrogen) atoms. The maximum atomic E-state index is 12.3. The van der Waals surface area contributed by atoms with Gasteiger partial charge in [-0.05, 0) is 26.3 Å². The molecule has 2 atom stereocenters. The Morgan fingerprint density at radius 2 is 1.81 bits per heavy atom. The van der Waals surface area contributed by atoms with Gasteiger partial charge in [-0.3, -0.25) is 4.79 Å². The van der Waals surface area contributed by atoms with Crippen LogP contribution in [-0.4, -0.2) is 54.8 Å². The number of amides is 3. The highest BCUT2D eigenvalue weighted by molar-refractivity contribution is 5.82. The van der Waals surface area contributed by atoms with Crippen molar-refractivity contribution in [2.24, 2.45) is 5.92 Å². The van der Waals surface area contributed by atoms with Crippen LogP contribution in [0.5, 0.6) is 0 Å². The quantitative estimate of drug-likeness (QED) is 0.835. The number of rotatable bonds is 4. The number of carbonyl (C=O) groups is 3. The van der Waals surface area contributed by atoms with Crippen molar-refractivity contribution in [3.63, 3.8) is 0 Å². The fraction of sp³-hybridized carbons (Fsp3) is 0.526. The van der Waals surface area contributed by atoms with Crippen LogP contribution >= 0.6 is 0 Å². The van der Waals surface area contributed by atoms with Gasteiger partial charge < -0.3 is 25.0 Å². The molecule has 1 aliphatic heterocycles. The van der Waals surface area contributed by atoms with Gasteiger partial charge in [-0.2, -0.15) is 0 Å². The van der Waals surface area contributed by atoms with Crippen LogP contribution in [-0.2, 0) is 20.9 Å². The highest BCUT2D eigenvalue weighted by Gasteiger charge is 2.41. The molecule has 1 aliphatic rings. The van der Waals surface area contributed by atoms with Gasteiger partial charge in [0.05, 0.1) is 12.0 Å². The van der Waals surface area contributed by atoms with E-state index in [-0.39, 0.29) is 25.6 Å². The zero-order valence-corrected chi connectivity index (χ0v) is 16.2. The number of nitrogens with zero attached hydrogens (tertiary/aromatic N) is 1. The Labute approximate surface area is 159 Å². The number of ether oxygens (including phenoxy) is 2. The molecule has 0 radical (unpaired) electrons. The predicted molar refractivity (Wildman–Crippen MR) is 98.9 cm³/mol. The lowest BCUT2D eigenvalue weighted by molar-refractivity contribution is -0.124. The molecule has 0 aliphatic carbocycles. The van der Waals surface area contributed by atoms with E-state index in [1.54, 1.807) is 20.8 Å². The molecule has 0 saturated carbocycles. The smallest absolute Gasteiger partial charge is 0.410 e. The molecule has 8 nitrogen and oxygen atoms in total. The monoisotopic (exact) mass is 377 g/mol. The number of alkyl carbamates (subject to hydrolysis) is 1. The Balaban J connectivity index is 1.96. The van der Waals surface area contributed by atoms with Gasteiger partial charge >= 0.3 is 12.2 Å².